The van der Waals surface area contributed by atoms with Crippen LogP contribution in [0.1, 0.15) is 16.7 Å². The van der Waals surface area contributed by atoms with Crippen LogP contribution in [0.2, 0.25) is 0 Å². The molecule has 0 bridgehead atoms. The van der Waals surface area contributed by atoms with E-state index >= 15 is 0 Å². The average molecular weight is 266 g/mol. The number of ether oxygens (including phenoxy) is 1. The zero-order valence-corrected chi connectivity index (χ0v) is 11.8. The van der Waals surface area contributed by atoms with Crippen LogP contribution in [0, 0.1) is 6.92 Å². The second-order valence-corrected chi connectivity index (χ2v) is 4.74. The smallest absolute Gasteiger partial charge is 0.160 e. The minimum absolute atomic E-state index is 0.0941. The van der Waals surface area contributed by atoms with Crippen molar-refractivity contribution >= 4 is 11.9 Å². The fourth-order valence-corrected chi connectivity index (χ4v) is 1.97. The van der Waals surface area contributed by atoms with Crippen molar-refractivity contribution in [3.05, 3.63) is 71.3 Å². The van der Waals surface area contributed by atoms with Gasteiger partial charge in [-0.05, 0) is 36.3 Å². The molecule has 20 heavy (non-hydrogen) atoms. The number of benzene rings is 2. The Morgan fingerprint density at radius 2 is 1.90 bits per heavy atom. The first-order chi connectivity index (χ1) is 9.67. The summed E-state index contributed by atoms with van der Waals surface area (Å²) >= 11 is 0. The Bertz CT molecular complexity index is 610. The second kappa shape index (κ2) is 6.71. The number of carbonyl (C=O) groups excluding carboxylic acids is 1. The van der Waals surface area contributed by atoms with Crippen molar-refractivity contribution in [2.75, 3.05) is 7.11 Å². The Morgan fingerprint density at radius 1 is 1.15 bits per heavy atom. The highest BCUT2D eigenvalue weighted by molar-refractivity contribution is 5.95. The molecule has 102 valence electrons. The Kier molecular flexibility index (Phi) is 4.72. The summed E-state index contributed by atoms with van der Waals surface area (Å²) in [7, 11) is 1.63. The van der Waals surface area contributed by atoms with E-state index < -0.39 is 0 Å². The molecular formula is C18H18O2. The van der Waals surface area contributed by atoms with E-state index in [4.69, 9.17) is 4.74 Å². The molecule has 0 aromatic heterocycles. The quantitative estimate of drug-likeness (QED) is 0.769. The molecule has 0 unspecified atom stereocenters. The molecule has 0 saturated heterocycles. The normalized spacial score (nSPS) is 10.7. The summed E-state index contributed by atoms with van der Waals surface area (Å²) in [5.41, 5.74) is 3.23. The van der Waals surface area contributed by atoms with Gasteiger partial charge in [0.05, 0.1) is 7.11 Å². The zero-order valence-electron chi connectivity index (χ0n) is 11.8. The molecular weight excluding hydrogens is 248 g/mol. The molecule has 2 aromatic carbocycles. The van der Waals surface area contributed by atoms with Crippen LogP contribution in [0.5, 0.6) is 5.75 Å². The first kappa shape index (κ1) is 14.1. The predicted octanol–water partition coefficient (Wildman–Crippen LogP) is 3.83. The van der Waals surface area contributed by atoms with Crippen molar-refractivity contribution in [1.82, 2.24) is 0 Å². The highest BCUT2D eigenvalue weighted by Gasteiger charge is 2.00. The Hall–Kier alpha value is -2.35. The zero-order chi connectivity index (χ0) is 14.4. The van der Waals surface area contributed by atoms with Gasteiger partial charge < -0.3 is 4.74 Å². The fourth-order valence-electron chi connectivity index (χ4n) is 1.97. The molecule has 2 nitrogen and oxygen atoms in total. The third-order valence-corrected chi connectivity index (χ3v) is 3.04. The van der Waals surface area contributed by atoms with Crippen LogP contribution < -0.4 is 4.74 Å². The number of carbonyl (C=O) groups is 1. The van der Waals surface area contributed by atoms with Crippen molar-refractivity contribution in [2.24, 2.45) is 0 Å². The first-order valence-corrected chi connectivity index (χ1v) is 6.58. The molecule has 2 aromatic rings. The summed E-state index contributed by atoms with van der Waals surface area (Å²) in [5.74, 6) is 0.896. The summed E-state index contributed by atoms with van der Waals surface area (Å²) < 4.78 is 5.09. The molecule has 0 atom stereocenters. The van der Waals surface area contributed by atoms with E-state index in [2.05, 4.69) is 6.07 Å². The molecule has 0 aliphatic heterocycles. The molecule has 2 heteroatoms. The van der Waals surface area contributed by atoms with Crippen molar-refractivity contribution in [2.45, 2.75) is 13.3 Å². The lowest BCUT2D eigenvalue weighted by Crippen LogP contribution is -1.98. The van der Waals surface area contributed by atoms with Crippen LogP contribution in [-0.4, -0.2) is 12.9 Å². The molecule has 0 amide bonds. The number of rotatable bonds is 5. The number of hydrogen-bond donors (Lipinski definition) is 0. The van der Waals surface area contributed by atoms with Crippen molar-refractivity contribution in [3.63, 3.8) is 0 Å². The molecule has 0 spiro atoms. The van der Waals surface area contributed by atoms with E-state index in [1.165, 1.54) is 5.56 Å². The Balaban J connectivity index is 1.98. The minimum atomic E-state index is 0.0941. The maximum Gasteiger partial charge on any atom is 0.160 e. The summed E-state index contributed by atoms with van der Waals surface area (Å²) in [6.45, 7) is 2.04. The Labute approximate surface area is 119 Å². The average Bonchev–Trinajstić information content (AvgIpc) is 2.46. The number of aryl methyl sites for hydroxylation is 1. The maximum absolute atomic E-state index is 11.9. The van der Waals surface area contributed by atoms with E-state index in [-0.39, 0.29) is 5.78 Å². The minimum Gasteiger partial charge on any atom is -0.497 e. The van der Waals surface area contributed by atoms with Gasteiger partial charge >= 0.3 is 0 Å². The molecule has 0 aliphatic carbocycles. The molecule has 0 fully saturated rings. The van der Waals surface area contributed by atoms with Crippen molar-refractivity contribution in [1.29, 1.82) is 0 Å². The van der Waals surface area contributed by atoms with Crippen LogP contribution in [-0.2, 0) is 11.2 Å². The van der Waals surface area contributed by atoms with Crippen LogP contribution >= 0.6 is 0 Å². The third-order valence-electron chi connectivity index (χ3n) is 3.04. The van der Waals surface area contributed by atoms with Crippen LogP contribution in [0.3, 0.4) is 0 Å². The van der Waals surface area contributed by atoms with Gasteiger partial charge in [-0.1, -0.05) is 48.0 Å². The number of ketones is 1. The summed E-state index contributed by atoms with van der Waals surface area (Å²) in [6.07, 6.45) is 3.91. The standard InChI is InChI=1S/C18H18O2/c1-14-4-3-5-15(12-14)6-9-17(19)13-16-7-10-18(20-2)11-8-16/h3-12H,13H2,1-2H3/b9-6+. The molecule has 0 radical (unpaired) electrons. The van der Waals surface area contributed by atoms with Gasteiger partial charge in [-0.3, -0.25) is 4.79 Å². The summed E-state index contributed by atoms with van der Waals surface area (Å²) in [5, 5.41) is 0. The third kappa shape index (κ3) is 4.09. The number of hydrogen-bond acceptors (Lipinski definition) is 2. The largest absolute Gasteiger partial charge is 0.497 e. The van der Waals surface area contributed by atoms with E-state index in [0.29, 0.717) is 6.42 Å². The SMILES string of the molecule is COc1ccc(CC(=O)/C=C/c2cccc(C)c2)cc1. The molecule has 0 aliphatic rings. The van der Waals surface area contributed by atoms with E-state index in [1.54, 1.807) is 13.2 Å². The van der Waals surface area contributed by atoms with E-state index in [9.17, 15) is 4.79 Å². The van der Waals surface area contributed by atoms with Crippen molar-refractivity contribution in [3.8, 4) is 5.75 Å². The lowest BCUT2D eigenvalue weighted by atomic mass is 10.1. The lowest BCUT2D eigenvalue weighted by molar-refractivity contribution is -0.113. The monoisotopic (exact) mass is 266 g/mol. The molecule has 0 N–H and O–H groups in total. The van der Waals surface area contributed by atoms with Gasteiger partial charge in [-0.2, -0.15) is 0 Å². The van der Waals surface area contributed by atoms with Gasteiger partial charge in [0.1, 0.15) is 5.75 Å². The molecule has 0 saturated carbocycles. The van der Waals surface area contributed by atoms with Crippen molar-refractivity contribution < 1.29 is 9.53 Å². The lowest BCUT2D eigenvalue weighted by Gasteiger charge is -2.01. The van der Waals surface area contributed by atoms with E-state index in [0.717, 1.165) is 16.9 Å². The topological polar surface area (TPSA) is 26.3 Å². The van der Waals surface area contributed by atoms with Crippen LogP contribution in [0.15, 0.2) is 54.6 Å². The second-order valence-electron chi connectivity index (χ2n) is 4.74. The van der Waals surface area contributed by atoms with Gasteiger partial charge in [0, 0.05) is 6.42 Å². The summed E-state index contributed by atoms with van der Waals surface area (Å²) in [4.78, 5) is 11.9. The van der Waals surface area contributed by atoms with Gasteiger partial charge in [-0.25, -0.2) is 0 Å². The summed E-state index contributed by atoms with van der Waals surface area (Å²) in [6, 6.07) is 15.6. The van der Waals surface area contributed by atoms with Gasteiger partial charge in [0.2, 0.25) is 0 Å². The van der Waals surface area contributed by atoms with Crippen LogP contribution in [0.4, 0.5) is 0 Å². The van der Waals surface area contributed by atoms with Gasteiger partial charge in [-0.15, -0.1) is 0 Å². The Morgan fingerprint density at radius 3 is 2.55 bits per heavy atom. The fraction of sp³-hybridized carbons (Fsp3) is 0.167. The van der Waals surface area contributed by atoms with E-state index in [1.807, 2.05) is 55.5 Å². The molecule has 0 heterocycles. The van der Waals surface area contributed by atoms with Gasteiger partial charge in [0.15, 0.2) is 5.78 Å². The van der Waals surface area contributed by atoms with Gasteiger partial charge in [0.25, 0.3) is 0 Å². The first-order valence-electron chi connectivity index (χ1n) is 6.58. The highest BCUT2D eigenvalue weighted by atomic mass is 16.5. The highest BCUT2D eigenvalue weighted by Crippen LogP contribution is 2.12. The maximum atomic E-state index is 11.9. The predicted molar refractivity (Wildman–Crippen MR) is 81.9 cm³/mol. The number of allylic oxidation sites excluding steroid dienone is 1. The van der Waals surface area contributed by atoms with Crippen LogP contribution in [0.25, 0.3) is 6.08 Å². The number of methoxy groups -OCH3 is 1. The molecule has 2 rings (SSSR count).